The van der Waals surface area contributed by atoms with Gasteiger partial charge in [-0.2, -0.15) is 0 Å². The molecule has 78 valence electrons. The van der Waals surface area contributed by atoms with Gasteiger partial charge in [0.25, 0.3) is 0 Å². The molecule has 0 radical (unpaired) electrons. The van der Waals surface area contributed by atoms with Crippen LogP contribution in [-0.4, -0.2) is 16.7 Å². The Bertz CT molecular complexity index is 185. The van der Waals surface area contributed by atoms with Gasteiger partial charge in [-0.1, -0.05) is 13.8 Å². The summed E-state index contributed by atoms with van der Waals surface area (Å²) in [5.41, 5.74) is 5.31. The van der Waals surface area contributed by atoms with Crippen molar-refractivity contribution in [1.29, 1.82) is 0 Å². The maximum absolute atomic E-state index is 10.2. The summed E-state index contributed by atoms with van der Waals surface area (Å²) >= 11 is 0. The molecule has 0 bridgehead atoms. The lowest BCUT2D eigenvalue weighted by Crippen LogP contribution is -2.41. The SMILES string of the molecule is CC(N)CC1CCC(C)(O)C1(C)C. The summed E-state index contributed by atoms with van der Waals surface area (Å²) in [5, 5.41) is 10.2. The molecule has 13 heavy (non-hydrogen) atoms. The van der Waals surface area contributed by atoms with Crippen LogP contribution in [0.15, 0.2) is 0 Å². The van der Waals surface area contributed by atoms with E-state index in [4.69, 9.17) is 5.73 Å². The van der Waals surface area contributed by atoms with Crippen LogP contribution in [0.25, 0.3) is 0 Å². The van der Waals surface area contributed by atoms with Gasteiger partial charge in [-0.3, -0.25) is 0 Å². The van der Waals surface area contributed by atoms with Crippen LogP contribution in [0.4, 0.5) is 0 Å². The molecule has 3 unspecified atom stereocenters. The van der Waals surface area contributed by atoms with E-state index in [1.54, 1.807) is 0 Å². The van der Waals surface area contributed by atoms with Gasteiger partial charge in [0, 0.05) is 6.04 Å². The van der Waals surface area contributed by atoms with Gasteiger partial charge in [-0.15, -0.1) is 0 Å². The van der Waals surface area contributed by atoms with E-state index < -0.39 is 5.60 Å². The molecule has 0 aromatic carbocycles. The molecule has 3 atom stereocenters. The van der Waals surface area contributed by atoms with Crippen molar-refractivity contribution < 1.29 is 5.11 Å². The van der Waals surface area contributed by atoms with Gasteiger partial charge in [0.15, 0.2) is 0 Å². The van der Waals surface area contributed by atoms with E-state index in [9.17, 15) is 5.11 Å². The second-order valence-corrected chi connectivity index (χ2v) is 5.44. The van der Waals surface area contributed by atoms with Crippen molar-refractivity contribution >= 4 is 0 Å². The van der Waals surface area contributed by atoms with E-state index >= 15 is 0 Å². The van der Waals surface area contributed by atoms with Gasteiger partial charge in [0.05, 0.1) is 5.60 Å². The highest BCUT2D eigenvalue weighted by atomic mass is 16.3. The van der Waals surface area contributed by atoms with Gasteiger partial charge < -0.3 is 10.8 Å². The average Bonchev–Trinajstić information content (AvgIpc) is 2.11. The Hall–Kier alpha value is -0.0800. The first-order valence-electron chi connectivity index (χ1n) is 5.25. The standard InChI is InChI=1S/C11H23NO/c1-8(12)7-9-5-6-11(4,13)10(9,2)3/h8-9,13H,5-7,12H2,1-4H3. The van der Waals surface area contributed by atoms with Gasteiger partial charge in [-0.05, 0) is 44.4 Å². The molecule has 0 aromatic heterocycles. The molecular formula is C11H23NO. The molecule has 0 spiro atoms. The number of hydrogen-bond acceptors (Lipinski definition) is 2. The van der Waals surface area contributed by atoms with Gasteiger partial charge >= 0.3 is 0 Å². The number of aliphatic hydroxyl groups is 1. The molecule has 1 rings (SSSR count). The van der Waals surface area contributed by atoms with Gasteiger partial charge in [0.1, 0.15) is 0 Å². The molecule has 2 heteroatoms. The second-order valence-electron chi connectivity index (χ2n) is 5.44. The van der Waals surface area contributed by atoms with Crippen molar-refractivity contribution in [2.24, 2.45) is 17.1 Å². The summed E-state index contributed by atoms with van der Waals surface area (Å²) in [6.07, 6.45) is 3.06. The van der Waals surface area contributed by atoms with E-state index in [0.29, 0.717) is 5.92 Å². The molecule has 0 aliphatic heterocycles. The highest BCUT2D eigenvalue weighted by Gasteiger charge is 2.50. The van der Waals surface area contributed by atoms with E-state index in [1.165, 1.54) is 0 Å². The Morgan fingerprint density at radius 1 is 1.46 bits per heavy atom. The third-order valence-electron chi connectivity index (χ3n) is 4.04. The number of rotatable bonds is 2. The van der Waals surface area contributed by atoms with Gasteiger partial charge in [-0.25, -0.2) is 0 Å². The van der Waals surface area contributed by atoms with Crippen molar-refractivity contribution in [3.05, 3.63) is 0 Å². The summed E-state index contributed by atoms with van der Waals surface area (Å²) in [5.74, 6) is 0.572. The predicted molar refractivity (Wildman–Crippen MR) is 55.4 cm³/mol. The lowest BCUT2D eigenvalue weighted by atomic mass is 9.71. The van der Waals surface area contributed by atoms with Crippen molar-refractivity contribution in [1.82, 2.24) is 0 Å². The summed E-state index contributed by atoms with van der Waals surface area (Å²) in [4.78, 5) is 0. The van der Waals surface area contributed by atoms with Crippen LogP contribution in [0.5, 0.6) is 0 Å². The minimum Gasteiger partial charge on any atom is -0.390 e. The van der Waals surface area contributed by atoms with Crippen LogP contribution < -0.4 is 5.73 Å². The fraction of sp³-hybridized carbons (Fsp3) is 1.00. The third kappa shape index (κ3) is 1.89. The Morgan fingerprint density at radius 2 is 2.00 bits per heavy atom. The largest absolute Gasteiger partial charge is 0.390 e. The van der Waals surface area contributed by atoms with E-state index in [-0.39, 0.29) is 11.5 Å². The third-order valence-corrected chi connectivity index (χ3v) is 4.04. The Balaban J connectivity index is 2.70. The average molecular weight is 185 g/mol. The smallest absolute Gasteiger partial charge is 0.0673 e. The van der Waals surface area contributed by atoms with Gasteiger partial charge in [0.2, 0.25) is 0 Å². The minimum absolute atomic E-state index is 0.0145. The quantitative estimate of drug-likeness (QED) is 0.690. The highest BCUT2D eigenvalue weighted by molar-refractivity contribution is 5.01. The van der Waals surface area contributed by atoms with Crippen LogP contribution in [0, 0.1) is 11.3 Å². The highest BCUT2D eigenvalue weighted by Crippen LogP contribution is 2.51. The van der Waals surface area contributed by atoms with E-state index in [0.717, 1.165) is 19.3 Å². The zero-order valence-corrected chi connectivity index (χ0v) is 9.30. The fourth-order valence-electron chi connectivity index (χ4n) is 2.44. The summed E-state index contributed by atoms with van der Waals surface area (Å²) < 4.78 is 0. The molecular weight excluding hydrogens is 162 g/mol. The maximum atomic E-state index is 10.2. The minimum atomic E-state index is -0.507. The van der Waals surface area contributed by atoms with E-state index in [2.05, 4.69) is 13.8 Å². The normalized spacial score (nSPS) is 40.6. The molecule has 0 saturated heterocycles. The molecule has 1 fully saturated rings. The lowest BCUT2D eigenvalue weighted by Gasteiger charge is -2.38. The molecule has 2 nitrogen and oxygen atoms in total. The topological polar surface area (TPSA) is 46.2 Å². The van der Waals surface area contributed by atoms with Crippen LogP contribution >= 0.6 is 0 Å². The second kappa shape index (κ2) is 3.25. The van der Waals surface area contributed by atoms with E-state index in [1.807, 2.05) is 13.8 Å². The lowest BCUT2D eigenvalue weighted by molar-refractivity contribution is -0.0441. The van der Waals surface area contributed by atoms with Crippen molar-refractivity contribution in [3.8, 4) is 0 Å². The van der Waals surface area contributed by atoms with Crippen molar-refractivity contribution in [2.75, 3.05) is 0 Å². The number of nitrogens with two attached hydrogens (primary N) is 1. The first-order chi connectivity index (χ1) is 5.77. The maximum Gasteiger partial charge on any atom is 0.0673 e. The molecule has 1 aliphatic rings. The van der Waals surface area contributed by atoms with Crippen LogP contribution in [0.1, 0.15) is 47.0 Å². The van der Waals surface area contributed by atoms with Crippen LogP contribution in [0.2, 0.25) is 0 Å². The molecule has 1 aliphatic carbocycles. The molecule has 3 N–H and O–H groups in total. The number of hydrogen-bond donors (Lipinski definition) is 2. The first kappa shape index (κ1) is 11.0. The molecule has 0 aromatic rings. The zero-order valence-electron chi connectivity index (χ0n) is 9.30. The van der Waals surface area contributed by atoms with Crippen LogP contribution in [0.3, 0.4) is 0 Å². The Labute approximate surface area is 81.5 Å². The Morgan fingerprint density at radius 3 is 2.31 bits per heavy atom. The summed E-state index contributed by atoms with van der Waals surface area (Å²) in [6, 6.07) is 0.248. The van der Waals surface area contributed by atoms with Crippen molar-refractivity contribution in [3.63, 3.8) is 0 Å². The van der Waals surface area contributed by atoms with Crippen molar-refractivity contribution in [2.45, 2.75) is 58.6 Å². The Kier molecular flexibility index (Phi) is 2.75. The molecule has 1 saturated carbocycles. The predicted octanol–water partition coefficient (Wildman–Crippen LogP) is 1.91. The van der Waals surface area contributed by atoms with Crippen LogP contribution in [-0.2, 0) is 0 Å². The summed E-state index contributed by atoms with van der Waals surface area (Å²) in [6.45, 7) is 8.32. The monoisotopic (exact) mass is 185 g/mol. The summed E-state index contributed by atoms with van der Waals surface area (Å²) in [7, 11) is 0. The zero-order chi connectivity index (χ0) is 10.3. The molecule has 0 amide bonds. The first-order valence-corrected chi connectivity index (χ1v) is 5.25. The fourth-order valence-corrected chi connectivity index (χ4v) is 2.44. The molecule has 0 heterocycles.